The Morgan fingerprint density at radius 1 is 1.03 bits per heavy atom. The highest BCUT2D eigenvalue weighted by Crippen LogP contribution is 2.32. The topological polar surface area (TPSA) is 112 Å². The zero-order chi connectivity index (χ0) is 22.5. The summed E-state index contributed by atoms with van der Waals surface area (Å²) in [7, 11) is 0. The van der Waals surface area contributed by atoms with E-state index in [2.05, 4.69) is 30.6 Å². The molecule has 5 heterocycles. The molecule has 0 saturated carbocycles. The molecule has 0 radical (unpaired) electrons. The van der Waals surface area contributed by atoms with Gasteiger partial charge >= 0.3 is 0 Å². The summed E-state index contributed by atoms with van der Waals surface area (Å²) in [5.74, 6) is 1.86. The van der Waals surface area contributed by atoms with Crippen LogP contribution < -0.4 is 11.1 Å². The summed E-state index contributed by atoms with van der Waals surface area (Å²) in [6, 6.07) is 7.19. The number of pyridine rings is 2. The standard InChI is InChI=1S/C23H20FN9/c1-13-18(9-26-10-20(13)25)17-4-14-6-21(27-8-15(14)5-19(17)24)29-22-7-16-2-3-32-12-28-30-23(32)11-33(16)31-22/h4-10,12H,2-3,11,25H2,1H3,(H,27,29,31). The fraction of sp³-hybridized carbons (Fsp3) is 0.174. The summed E-state index contributed by atoms with van der Waals surface area (Å²) in [4.78, 5) is 8.57. The number of halogens is 1. The molecule has 164 valence electrons. The van der Waals surface area contributed by atoms with E-state index in [0.29, 0.717) is 40.4 Å². The van der Waals surface area contributed by atoms with Crippen molar-refractivity contribution in [1.29, 1.82) is 0 Å². The van der Waals surface area contributed by atoms with Crippen molar-refractivity contribution < 1.29 is 4.39 Å². The normalized spacial score (nSPS) is 12.9. The predicted molar refractivity (Wildman–Crippen MR) is 122 cm³/mol. The predicted octanol–water partition coefficient (Wildman–Crippen LogP) is 3.46. The first kappa shape index (κ1) is 19.4. The van der Waals surface area contributed by atoms with Gasteiger partial charge in [0.15, 0.2) is 11.6 Å². The van der Waals surface area contributed by atoms with Crippen molar-refractivity contribution in [2.45, 2.75) is 26.4 Å². The number of anilines is 3. The van der Waals surface area contributed by atoms with Gasteiger partial charge in [0, 0.05) is 53.6 Å². The lowest BCUT2D eigenvalue weighted by molar-refractivity contribution is 0.633. The Labute approximate surface area is 188 Å². The zero-order valence-corrected chi connectivity index (χ0v) is 17.8. The maximum absolute atomic E-state index is 14.9. The second kappa shape index (κ2) is 7.37. The lowest BCUT2D eigenvalue weighted by Gasteiger charge is -2.11. The maximum Gasteiger partial charge on any atom is 0.154 e. The van der Waals surface area contributed by atoms with Crippen molar-refractivity contribution in [2.24, 2.45) is 0 Å². The van der Waals surface area contributed by atoms with Crippen molar-refractivity contribution in [2.75, 3.05) is 11.1 Å². The van der Waals surface area contributed by atoms with Gasteiger partial charge in [-0.05, 0) is 36.1 Å². The average molecular weight is 441 g/mol. The van der Waals surface area contributed by atoms with Crippen LogP contribution in [0.5, 0.6) is 0 Å². The third-order valence-corrected chi connectivity index (χ3v) is 6.07. The minimum Gasteiger partial charge on any atom is -0.397 e. The second-order valence-corrected chi connectivity index (χ2v) is 8.14. The Kier molecular flexibility index (Phi) is 4.32. The van der Waals surface area contributed by atoms with Crippen LogP contribution in [-0.4, -0.2) is 34.5 Å². The summed E-state index contributed by atoms with van der Waals surface area (Å²) in [6.07, 6.45) is 7.44. The third kappa shape index (κ3) is 3.36. The van der Waals surface area contributed by atoms with E-state index in [9.17, 15) is 4.39 Å². The lowest BCUT2D eigenvalue weighted by Crippen LogP contribution is -2.06. The highest BCUT2D eigenvalue weighted by Gasteiger charge is 2.17. The van der Waals surface area contributed by atoms with E-state index in [0.717, 1.165) is 35.4 Å². The van der Waals surface area contributed by atoms with Crippen LogP contribution in [0.3, 0.4) is 0 Å². The van der Waals surface area contributed by atoms with E-state index in [1.54, 1.807) is 31.0 Å². The number of rotatable bonds is 3. The van der Waals surface area contributed by atoms with E-state index in [1.165, 1.54) is 6.07 Å². The first-order valence-electron chi connectivity index (χ1n) is 10.6. The van der Waals surface area contributed by atoms with Gasteiger partial charge in [-0.2, -0.15) is 5.10 Å². The lowest BCUT2D eigenvalue weighted by atomic mass is 9.99. The van der Waals surface area contributed by atoms with Crippen LogP contribution in [0.4, 0.5) is 21.7 Å². The molecule has 1 aromatic carbocycles. The van der Waals surface area contributed by atoms with Gasteiger partial charge in [-0.15, -0.1) is 10.2 Å². The van der Waals surface area contributed by atoms with E-state index in [4.69, 9.17) is 5.73 Å². The van der Waals surface area contributed by atoms with Crippen molar-refractivity contribution in [3.8, 4) is 11.1 Å². The van der Waals surface area contributed by atoms with Crippen LogP contribution in [0.2, 0.25) is 0 Å². The van der Waals surface area contributed by atoms with E-state index >= 15 is 0 Å². The van der Waals surface area contributed by atoms with Crippen LogP contribution in [0.1, 0.15) is 17.1 Å². The number of aromatic nitrogens is 7. The highest BCUT2D eigenvalue weighted by atomic mass is 19.1. The molecule has 9 nitrogen and oxygen atoms in total. The number of hydrogen-bond donors (Lipinski definition) is 2. The molecular formula is C23H20FN9. The van der Waals surface area contributed by atoms with Crippen LogP contribution in [0.15, 0.2) is 49.2 Å². The first-order chi connectivity index (χ1) is 16.0. The maximum atomic E-state index is 14.9. The van der Waals surface area contributed by atoms with Gasteiger partial charge in [0.2, 0.25) is 0 Å². The molecule has 0 aliphatic carbocycles. The zero-order valence-electron chi connectivity index (χ0n) is 17.8. The molecule has 1 aliphatic rings. The van der Waals surface area contributed by atoms with Crippen molar-refractivity contribution in [1.82, 2.24) is 34.5 Å². The minimum absolute atomic E-state index is 0.341. The Hall–Kier alpha value is -4.34. The number of benzene rings is 1. The first-order valence-corrected chi connectivity index (χ1v) is 10.6. The Bertz CT molecular complexity index is 1520. The van der Waals surface area contributed by atoms with Crippen molar-refractivity contribution in [3.05, 3.63) is 72.1 Å². The molecule has 10 heteroatoms. The Morgan fingerprint density at radius 3 is 2.85 bits per heavy atom. The van der Waals surface area contributed by atoms with Gasteiger partial charge in [0.25, 0.3) is 0 Å². The van der Waals surface area contributed by atoms with Gasteiger partial charge in [-0.3, -0.25) is 9.67 Å². The fourth-order valence-electron chi connectivity index (χ4n) is 4.20. The Balaban J connectivity index is 1.33. The molecule has 0 amide bonds. The SMILES string of the molecule is Cc1c(N)cncc1-c1cc2cc(Nc3cc4n(n3)Cc3nncn3CC4)ncc2cc1F. The van der Waals surface area contributed by atoms with Gasteiger partial charge in [0.05, 0.1) is 11.9 Å². The van der Waals surface area contributed by atoms with Crippen LogP contribution in [-0.2, 0) is 19.5 Å². The summed E-state index contributed by atoms with van der Waals surface area (Å²) >= 11 is 0. The number of fused-ring (bicyclic) bond motifs is 3. The van der Waals surface area contributed by atoms with Gasteiger partial charge in [-0.1, -0.05) is 0 Å². The van der Waals surface area contributed by atoms with Crippen LogP contribution in [0, 0.1) is 12.7 Å². The van der Waals surface area contributed by atoms with E-state index < -0.39 is 0 Å². The number of nitrogens with two attached hydrogens (primary N) is 1. The fourth-order valence-corrected chi connectivity index (χ4v) is 4.20. The van der Waals surface area contributed by atoms with Crippen molar-refractivity contribution >= 4 is 28.1 Å². The van der Waals surface area contributed by atoms with Crippen LogP contribution in [0.25, 0.3) is 21.9 Å². The molecule has 6 rings (SSSR count). The third-order valence-electron chi connectivity index (χ3n) is 6.07. The van der Waals surface area contributed by atoms with E-state index in [-0.39, 0.29) is 5.82 Å². The summed E-state index contributed by atoms with van der Waals surface area (Å²) in [5.41, 5.74) is 9.54. The second-order valence-electron chi connectivity index (χ2n) is 8.14. The number of nitrogens with zero attached hydrogens (tertiary/aromatic N) is 7. The molecule has 0 fully saturated rings. The highest BCUT2D eigenvalue weighted by molar-refractivity contribution is 5.90. The number of hydrogen-bond acceptors (Lipinski definition) is 7. The molecule has 3 N–H and O–H groups in total. The molecule has 0 unspecified atom stereocenters. The number of nitrogen functional groups attached to an aromatic ring is 1. The van der Waals surface area contributed by atoms with Gasteiger partial charge < -0.3 is 15.6 Å². The average Bonchev–Trinajstić information content (AvgIpc) is 3.37. The molecule has 33 heavy (non-hydrogen) atoms. The molecular weight excluding hydrogens is 421 g/mol. The van der Waals surface area contributed by atoms with Crippen molar-refractivity contribution in [3.63, 3.8) is 0 Å². The summed E-state index contributed by atoms with van der Waals surface area (Å²) < 4.78 is 18.8. The Morgan fingerprint density at radius 2 is 1.94 bits per heavy atom. The molecule has 0 bridgehead atoms. The number of nitrogens with one attached hydrogen (secondary N) is 1. The molecule has 0 saturated heterocycles. The van der Waals surface area contributed by atoms with Crippen LogP contribution >= 0.6 is 0 Å². The largest absolute Gasteiger partial charge is 0.397 e. The smallest absolute Gasteiger partial charge is 0.154 e. The molecule has 4 aromatic heterocycles. The molecule has 0 spiro atoms. The monoisotopic (exact) mass is 441 g/mol. The van der Waals surface area contributed by atoms with Gasteiger partial charge in [-0.25, -0.2) is 9.37 Å². The minimum atomic E-state index is -0.341. The molecule has 0 atom stereocenters. The van der Waals surface area contributed by atoms with E-state index in [1.807, 2.05) is 28.3 Å². The summed E-state index contributed by atoms with van der Waals surface area (Å²) in [5, 5.41) is 17.6. The summed E-state index contributed by atoms with van der Waals surface area (Å²) in [6.45, 7) is 3.24. The van der Waals surface area contributed by atoms with Gasteiger partial charge in [0.1, 0.15) is 24.5 Å². The molecule has 5 aromatic rings. The molecule has 1 aliphatic heterocycles. The quantitative estimate of drug-likeness (QED) is 0.441. The number of aryl methyl sites for hydroxylation is 2.